The van der Waals surface area contributed by atoms with Crippen LogP contribution in [-0.4, -0.2) is 41.1 Å². The van der Waals surface area contributed by atoms with Gasteiger partial charge < -0.3 is 15.4 Å². The summed E-state index contributed by atoms with van der Waals surface area (Å²) in [4.78, 5) is 12.0. The molecule has 1 amide bonds. The van der Waals surface area contributed by atoms with E-state index in [1.165, 1.54) is 29.2 Å². The molecule has 9 heteroatoms. The number of rotatable bonds is 7. The number of aryl methyl sites for hydroxylation is 1. The van der Waals surface area contributed by atoms with Gasteiger partial charge in [0.05, 0.1) is 11.9 Å². The second-order valence-electron chi connectivity index (χ2n) is 5.69. The lowest BCUT2D eigenvalue weighted by Gasteiger charge is -2.08. The fourth-order valence-corrected chi connectivity index (χ4v) is 3.90. The highest BCUT2D eigenvalue weighted by Crippen LogP contribution is 2.26. The van der Waals surface area contributed by atoms with E-state index in [0.717, 1.165) is 31.1 Å². The predicted molar refractivity (Wildman–Crippen MR) is 97.9 cm³/mol. The van der Waals surface area contributed by atoms with Crippen LogP contribution < -0.4 is 10.6 Å². The number of halogens is 1. The quantitative estimate of drug-likeness (QED) is 0.716. The van der Waals surface area contributed by atoms with Gasteiger partial charge in [-0.2, -0.15) is 0 Å². The Morgan fingerprint density at radius 1 is 1.48 bits per heavy atom. The van der Waals surface area contributed by atoms with Crippen molar-refractivity contribution in [1.82, 2.24) is 10.2 Å². The summed E-state index contributed by atoms with van der Waals surface area (Å²) in [6.45, 7) is 3.22. The van der Waals surface area contributed by atoms with E-state index in [0.29, 0.717) is 15.6 Å². The Kier molecular flexibility index (Phi) is 6.22. The van der Waals surface area contributed by atoms with Gasteiger partial charge in [0.1, 0.15) is 5.82 Å². The molecule has 1 atom stereocenters. The Morgan fingerprint density at radius 2 is 2.36 bits per heavy atom. The minimum Gasteiger partial charge on any atom is -0.376 e. The van der Waals surface area contributed by atoms with Crippen molar-refractivity contribution in [2.24, 2.45) is 0 Å². The van der Waals surface area contributed by atoms with Gasteiger partial charge in [-0.05, 0) is 37.5 Å². The first-order valence-electron chi connectivity index (χ1n) is 7.98. The second-order valence-corrected chi connectivity index (χ2v) is 7.89. The highest BCUT2D eigenvalue weighted by atomic mass is 32.2. The highest BCUT2D eigenvalue weighted by molar-refractivity contribution is 8.01. The van der Waals surface area contributed by atoms with Crippen LogP contribution in [0.4, 0.5) is 15.2 Å². The normalized spacial score (nSPS) is 16.8. The number of carbonyl (C=O) groups is 1. The molecule has 1 aliphatic rings. The van der Waals surface area contributed by atoms with Crippen LogP contribution in [0, 0.1) is 12.7 Å². The van der Waals surface area contributed by atoms with Crippen molar-refractivity contribution in [3.63, 3.8) is 0 Å². The van der Waals surface area contributed by atoms with Crippen molar-refractivity contribution in [2.75, 3.05) is 29.5 Å². The van der Waals surface area contributed by atoms with E-state index in [4.69, 9.17) is 4.74 Å². The van der Waals surface area contributed by atoms with E-state index in [9.17, 15) is 9.18 Å². The molecule has 1 aliphatic heterocycles. The third-order valence-electron chi connectivity index (χ3n) is 3.69. The number of hydrogen-bond acceptors (Lipinski definition) is 7. The first-order valence-corrected chi connectivity index (χ1v) is 9.78. The van der Waals surface area contributed by atoms with E-state index in [-0.39, 0.29) is 23.6 Å². The molecule has 3 rings (SSSR count). The molecule has 2 N–H and O–H groups in total. The standard InChI is InChI=1S/C16H19FN4O2S2/c1-10-4-5-11(7-13(10)17)19-14(22)9-24-16-21-20-15(25-16)18-8-12-3-2-6-23-12/h4-5,7,12H,2-3,6,8-9H2,1H3,(H,18,20)(H,19,22). The minimum absolute atomic E-state index is 0.190. The molecule has 2 aromatic rings. The zero-order valence-electron chi connectivity index (χ0n) is 13.8. The Morgan fingerprint density at radius 3 is 3.12 bits per heavy atom. The summed E-state index contributed by atoms with van der Waals surface area (Å²) in [7, 11) is 0. The smallest absolute Gasteiger partial charge is 0.234 e. The van der Waals surface area contributed by atoms with Crippen molar-refractivity contribution in [2.45, 2.75) is 30.2 Å². The third-order valence-corrected chi connectivity index (χ3v) is 5.71. The van der Waals surface area contributed by atoms with Crippen LogP contribution in [0.15, 0.2) is 22.5 Å². The number of benzene rings is 1. The summed E-state index contributed by atoms with van der Waals surface area (Å²) in [6.07, 6.45) is 2.40. The molecule has 1 aromatic heterocycles. The minimum atomic E-state index is -0.337. The zero-order chi connectivity index (χ0) is 17.6. The van der Waals surface area contributed by atoms with Gasteiger partial charge in [0.15, 0.2) is 4.34 Å². The van der Waals surface area contributed by atoms with Gasteiger partial charge >= 0.3 is 0 Å². The molecule has 134 valence electrons. The van der Waals surface area contributed by atoms with E-state index in [2.05, 4.69) is 20.8 Å². The number of anilines is 2. The van der Waals surface area contributed by atoms with Crippen molar-refractivity contribution >= 4 is 39.8 Å². The molecule has 0 saturated carbocycles. The van der Waals surface area contributed by atoms with Crippen LogP contribution in [-0.2, 0) is 9.53 Å². The molecule has 25 heavy (non-hydrogen) atoms. The summed E-state index contributed by atoms with van der Waals surface area (Å²) < 4.78 is 19.7. The number of nitrogens with zero attached hydrogens (tertiary/aromatic N) is 2. The maximum Gasteiger partial charge on any atom is 0.234 e. The topological polar surface area (TPSA) is 76.1 Å². The molecule has 1 aromatic carbocycles. The third kappa shape index (κ3) is 5.38. The Hall–Kier alpha value is -1.71. The van der Waals surface area contributed by atoms with Gasteiger partial charge in [-0.3, -0.25) is 4.79 Å². The summed E-state index contributed by atoms with van der Waals surface area (Å²) in [6, 6.07) is 4.63. The van der Waals surface area contributed by atoms with Gasteiger partial charge in [0.25, 0.3) is 0 Å². The second kappa shape index (κ2) is 8.59. The molecule has 1 fully saturated rings. The Balaban J connectivity index is 1.43. The maximum absolute atomic E-state index is 13.5. The predicted octanol–water partition coefficient (Wildman–Crippen LogP) is 3.31. The number of carbonyl (C=O) groups excluding carboxylic acids is 1. The molecular formula is C16H19FN4O2S2. The molecule has 0 spiro atoms. The largest absolute Gasteiger partial charge is 0.376 e. The first kappa shape index (κ1) is 18.1. The van der Waals surface area contributed by atoms with E-state index >= 15 is 0 Å². The lowest BCUT2D eigenvalue weighted by atomic mass is 10.2. The summed E-state index contributed by atoms with van der Waals surface area (Å²) >= 11 is 2.70. The molecule has 0 bridgehead atoms. The monoisotopic (exact) mass is 382 g/mol. The van der Waals surface area contributed by atoms with Crippen molar-refractivity contribution < 1.29 is 13.9 Å². The molecule has 1 unspecified atom stereocenters. The van der Waals surface area contributed by atoms with Crippen LogP contribution in [0.1, 0.15) is 18.4 Å². The highest BCUT2D eigenvalue weighted by Gasteiger charge is 2.16. The zero-order valence-corrected chi connectivity index (χ0v) is 15.4. The number of ether oxygens (including phenoxy) is 1. The number of amides is 1. The maximum atomic E-state index is 13.5. The average Bonchev–Trinajstić information content (AvgIpc) is 3.26. The van der Waals surface area contributed by atoms with Gasteiger partial charge in [0.2, 0.25) is 11.0 Å². The molecule has 0 radical (unpaired) electrons. The lowest BCUT2D eigenvalue weighted by Crippen LogP contribution is -2.18. The lowest BCUT2D eigenvalue weighted by molar-refractivity contribution is -0.113. The summed E-state index contributed by atoms with van der Waals surface area (Å²) in [5.74, 6) is -0.357. The van der Waals surface area contributed by atoms with Gasteiger partial charge in [0, 0.05) is 18.8 Å². The SMILES string of the molecule is Cc1ccc(NC(=O)CSc2nnc(NCC3CCCO3)s2)cc1F. The Bertz CT molecular complexity index is 735. The van der Waals surface area contributed by atoms with Crippen LogP contribution in [0.5, 0.6) is 0 Å². The van der Waals surface area contributed by atoms with Crippen molar-refractivity contribution in [1.29, 1.82) is 0 Å². The fourth-order valence-electron chi connectivity index (χ4n) is 2.34. The Labute approximate surface area is 153 Å². The summed E-state index contributed by atoms with van der Waals surface area (Å²) in [5.41, 5.74) is 0.995. The summed E-state index contributed by atoms with van der Waals surface area (Å²) in [5, 5.41) is 14.7. The van der Waals surface area contributed by atoms with Crippen LogP contribution in [0.3, 0.4) is 0 Å². The van der Waals surface area contributed by atoms with E-state index < -0.39 is 0 Å². The molecular weight excluding hydrogens is 363 g/mol. The fraction of sp³-hybridized carbons (Fsp3) is 0.438. The number of aromatic nitrogens is 2. The van der Waals surface area contributed by atoms with Crippen LogP contribution >= 0.6 is 23.1 Å². The van der Waals surface area contributed by atoms with Crippen LogP contribution in [0.25, 0.3) is 0 Å². The van der Waals surface area contributed by atoms with E-state index in [1.807, 2.05) is 0 Å². The van der Waals surface area contributed by atoms with E-state index in [1.54, 1.807) is 19.1 Å². The van der Waals surface area contributed by atoms with Gasteiger partial charge in [-0.25, -0.2) is 4.39 Å². The first-order chi connectivity index (χ1) is 12.1. The average molecular weight is 382 g/mol. The molecule has 0 aliphatic carbocycles. The van der Waals surface area contributed by atoms with Crippen LogP contribution in [0.2, 0.25) is 0 Å². The number of hydrogen-bond donors (Lipinski definition) is 2. The number of thioether (sulfide) groups is 1. The van der Waals surface area contributed by atoms with Gasteiger partial charge in [-0.15, -0.1) is 10.2 Å². The van der Waals surface area contributed by atoms with Crippen molar-refractivity contribution in [3.05, 3.63) is 29.6 Å². The number of nitrogens with one attached hydrogen (secondary N) is 2. The van der Waals surface area contributed by atoms with Crippen molar-refractivity contribution in [3.8, 4) is 0 Å². The molecule has 6 nitrogen and oxygen atoms in total. The molecule has 2 heterocycles. The molecule has 1 saturated heterocycles. The van der Waals surface area contributed by atoms with Gasteiger partial charge in [-0.1, -0.05) is 29.2 Å².